The Balaban J connectivity index is 1.51. The van der Waals surface area contributed by atoms with E-state index in [4.69, 9.17) is 9.15 Å². The van der Waals surface area contributed by atoms with Crippen LogP contribution in [0.4, 0.5) is 5.69 Å². The van der Waals surface area contributed by atoms with Gasteiger partial charge in [-0.1, -0.05) is 38.0 Å². The van der Waals surface area contributed by atoms with Crippen LogP contribution < -0.4 is 5.32 Å². The number of furan rings is 1. The highest BCUT2D eigenvalue weighted by molar-refractivity contribution is 6.00. The second-order valence-corrected chi connectivity index (χ2v) is 6.73. The number of hydrogen-bond donors (Lipinski definition) is 1. The number of unbranched alkanes of at least 4 members (excludes halogenated alkanes) is 2. The van der Waals surface area contributed by atoms with Crippen molar-refractivity contribution < 1.29 is 23.5 Å². The first-order chi connectivity index (χ1) is 14.1. The predicted molar refractivity (Wildman–Crippen MR) is 110 cm³/mol. The average molecular weight is 393 g/mol. The lowest BCUT2D eigenvalue weighted by atomic mass is 10.1. The van der Waals surface area contributed by atoms with E-state index in [1.165, 1.54) is 0 Å². The molecule has 0 spiro atoms. The molecule has 2 aromatic carbocycles. The van der Waals surface area contributed by atoms with Crippen molar-refractivity contribution in [1.82, 2.24) is 0 Å². The first kappa shape index (κ1) is 20.3. The Morgan fingerprint density at radius 1 is 1.00 bits per heavy atom. The Morgan fingerprint density at radius 2 is 1.76 bits per heavy atom. The van der Waals surface area contributed by atoms with Crippen LogP contribution >= 0.6 is 0 Å². The van der Waals surface area contributed by atoms with E-state index in [2.05, 4.69) is 12.2 Å². The van der Waals surface area contributed by atoms with Gasteiger partial charge in [0, 0.05) is 23.1 Å². The molecular formula is C23H23NO5. The SMILES string of the molecule is CCCCCC(=O)Nc1ccc(C(=O)COC(=O)c2cc3ccccc3o2)cc1. The summed E-state index contributed by atoms with van der Waals surface area (Å²) < 4.78 is 10.5. The molecule has 1 aromatic heterocycles. The standard InChI is InChI=1S/C23H23NO5/c1-2-3-4-9-22(26)24-18-12-10-16(11-13-18)19(25)15-28-23(27)21-14-17-7-5-6-8-20(17)29-21/h5-8,10-14H,2-4,9,15H2,1H3,(H,24,26). The lowest BCUT2D eigenvalue weighted by Gasteiger charge is -2.06. The summed E-state index contributed by atoms with van der Waals surface area (Å²) in [5.74, 6) is -1.02. The third-order valence-corrected chi connectivity index (χ3v) is 4.46. The highest BCUT2D eigenvalue weighted by Gasteiger charge is 2.16. The van der Waals surface area contributed by atoms with Gasteiger partial charge in [0.25, 0.3) is 0 Å². The lowest BCUT2D eigenvalue weighted by Crippen LogP contribution is -2.14. The molecule has 0 aliphatic carbocycles. The van der Waals surface area contributed by atoms with E-state index in [9.17, 15) is 14.4 Å². The van der Waals surface area contributed by atoms with E-state index in [1.54, 1.807) is 36.4 Å². The van der Waals surface area contributed by atoms with Crippen LogP contribution in [0.1, 0.15) is 53.5 Å². The van der Waals surface area contributed by atoms with Gasteiger partial charge < -0.3 is 14.5 Å². The Kier molecular flexibility index (Phi) is 6.79. The zero-order valence-corrected chi connectivity index (χ0v) is 16.3. The summed E-state index contributed by atoms with van der Waals surface area (Å²) in [5.41, 5.74) is 1.60. The molecular weight excluding hydrogens is 370 g/mol. The van der Waals surface area contributed by atoms with E-state index in [-0.39, 0.29) is 17.5 Å². The molecule has 6 heteroatoms. The van der Waals surface area contributed by atoms with Crippen LogP contribution in [0.5, 0.6) is 0 Å². The van der Waals surface area contributed by atoms with E-state index < -0.39 is 12.6 Å². The van der Waals surface area contributed by atoms with Gasteiger partial charge in [-0.05, 0) is 42.8 Å². The number of rotatable bonds is 9. The van der Waals surface area contributed by atoms with Crippen LogP contribution in [-0.4, -0.2) is 24.3 Å². The number of carbonyl (C=O) groups excluding carboxylic acids is 3. The molecule has 0 bridgehead atoms. The van der Waals surface area contributed by atoms with Gasteiger partial charge in [0.05, 0.1) is 0 Å². The first-order valence-electron chi connectivity index (χ1n) is 9.65. The number of carbonyl (C=O) groups is 3. The van der Waals surface area contributed by atoms with E-state index in [1.807, 2.05) is 18.2 Å². The monoisotopic (exact) mass is 393 g/mol. The molecule has 1 heterocycles. The molecule has 0 aliphatic rings. The van der Waals surface area contributed by atoms with Crippen LogP contribution in [0.3, 0.4) is 0 Å². The molecule has 0 fully saturated rings. The fourth-order valence-corrected chi connectivity index (χ4v) is 2.87. The number of amides is 1. The summed E-state index contributed by atoms with van der Waals surface area (Å²) in [6.07, 6.45) is 3.42. The minimum Gasteiger partial charge on any atom is -0.451 e. The lowest BCUT2D eigenvalue weighted by molar-refractivity contribution is -0.116. The van der Waals surface area contributed by atoms with Crippen molar-refractivity contribution >= 4 is 34.3 Å². The van der Waals surface area contributed by atoms with Crippen molar-refractivity contribution in [3.63, 3.8) is 0 Å². The molecule has 0 unspecified atom stereocenters. The van der Waals surface area contributed by atoms with E-state index in [0.717, 1.165) is 24.6 Å². The number of ether oxygens (including phenoxy) is 1. The van der Waals surface area contributed by atoms with Crippen LogP contribution in [0.15, 0.2) is 59.0 Å². The topological polar surface area (TPSA) is 85.6 Å². The number of nitrogens with one attached hydrogen (secondary N) is 1. The minimum atomic E-state index is -0.689. The summed E-state index contributed by atoms with van der Waals surface area (Å²) in [6, 6.07) is 15.3. The van der Waals surface area contributed by atoms with Gasteiger partial charge in [0.2, 0.25) is 11.7 Å². The third kappa shape index (κ3) is 5.54. The van der Waals surface area contributed by atoms with Crippen molar-refractivity contribution in [2.75, 3.05) is 11.9 Å². The van der Waals surface area contributed by atoms with Crippen molar-refractivity contribution in [2.24, 2.45) is 0 Å². The highest BCUT2D eigenvalue weighted by atomic mass is 16.5. The first-order valence-corrected chi connectivity index (χ1v) is 9.65. The van der Waals surface area contributed by atoms with Gasteiger partial charge >= 0.3 is 5.97 Å². The quantitative estimate of drug-likeness (QED) is 0.314. The Morgan fingerprint density at radius 3 is 2.48 bits per heavy atom. The molecule has 3 rings (SSSR count). The van der Waals surface area contributed by atoms with Crippen LogP contribution in [0.2, 0.25) is 0 Å². The third-order valence-electron chi connectivity index (χ3n) is 4.46. The Hall–Kier alpha value is -3.41. The maximum atomic E-state index is 12.3. The zero-order valence-electron chi connectivity index (χ0n) is 16.3. The second kappa shape index (κ2) is 9.68. The predicted octanol–water partition coefficient (Wildman–Crippen LogP) is 4.99. The van der Waals surface area contributed by atoms with Crippen molar-refractivity contribution in [3.05, 3.63) is 65.9 Å². The molecule has 6 nitrogen and oxygen atoms in total. The number of fused-ring (bicyclic) bond motifs is 1. The molecule has 150 valence electrons. The molecule has 29 heavy (non-hydrogen) atoms. The summed E-state index contributed by atoms with van der Waals surface area (Å²) >= 11 is 0. The normalized spacial score (nSPS) is 10.7. The number of ketones is 1. The maximum Gasteiger partial charge on any atom is 0.374 e. The number of para-hydroxylation sites is 1. The number of esters is 1. The highest BCUT2D eigenvalue weighted by Crippen LogP contribution is 2.19. The number of hydrogen-bond acceptors (Lipinski definition) is 5. The van der Waals surface area contributed by atoms with E-state index in [0.29, 0.717) is 23.3 Å². The fourth-order valence-electron chi connectivity index (χ4n) is 2.87. The van der Waals surface area contributed by atoms with Crippen molar-refractivity contribution in [3.8, 4) is 0 Å². The smallest absolute Gasteiger partial charge is 0.374 e. The van der Waals surface area contributed by atoms with Crippen LogP contribution in [-0.2, 0) is 9.53 Å². The summed E-state index contributed by atoms with van der Waals surface area (Å²) in [7, 11) is 0. The maximum absolute atomic E-state index is 12.3. The van der Waals surface area contributed by atoms with Gasteiger partial charge in [-0.15, -0.1) is 0 Å². The van der Waals surface area contributed by atoms with Crippen molar-refractivity contribution in [2.45, 2.75) is 32.6 Å². The van der Waals surface area contributed by atoms with E-state index >= 15 is 0 Å². The van der Waals surface area contributed by atoms with Gasteiger partial charge in [0.15, 0.2) is 12.4 Å². The zero-order chi connectivity index (χ0) is 20.6. The molecule has 1 amide bonds. The largest absolute Gasteiger partial charge is 0.451 e. The molecule has 0 atom stereocenters. The van der Waals surface area contributed by atoms with Gasteiger partial charge in [-0.25, -0.2) is 4.79 Å². The Labute approximate surface area is 168 Å². The molecule has 1 N–H and O–H groups in total. The summed E-state index contributed by atoms with van der Waals surface area (Å²) in [6.45, 7) is 1.69. The number of anilines is 1. The summed E-state index contributed by atoms with van der Waals surface area (Å²) in [5, 5.41) is 3.59. The average Bonchev–Trinajstić information content (AvgIpc) is 3.17. The van der Waals surface area contributed by atoms with Gasteiger partial charge in [-0.2, -0.15) is 0 Å². The second-order valence-electron chi connectivity index (χ2n) is 6.73. The minimum absolute atomic E-state index is 0.0442. The number of Topliss-reactive ketones (excluding diaryl/α,β-unsaturated/α-hetero) is 1. The summed E-state index contributed by atoms with van der Waals surface area (Å²) in [4.78, 5) is 36.2. The molecule has 3 aromatic rings. The molecule has 0 saturated heterocycles. The van der Waals surface area contributed by atoms with Crippen LogP contribution in [0.25, 0.3) is 11.0 Å². The molecule has 0 saturated carbocycles. The number of benzene rings is 2. The Bertz CT molecular complexity index is 971. The van der Waals surface area contributed by atoms with Crippen molar-refractivity contribution in [1.29, 1.82) is 0 Å². The molecule has 0 radical (unpaired) electrons. The fraction of sp³-hybridized carbons (Fsp3) is 0.261. The van der Waals surface area contributed by atoms with Gasteiger partial charge in [-0.3, -0.25) is 9.59 Å². The van der Waals surface area contributed by atoms with Crippen LogP contribution in [0, 0.1) is 0 Å². The van der Waals surface area contributed by atoms with Gasteiger partial charge in [0.1, 0.15) is 5.58 Å². The molecule has 0 aliphatic heterocycles.